The summed E-state index contributed by atoms with van der Waals surface area (Å²) >= 11 is 11.1. The van der Waals surface area contributed by atoms with Gasteiger partial charge in [0.2, 0.25) is 0 Å². The smallest absolute Gasteiger partial charge is 0.139 e. The second kappa shape index (κ2) is 8.65. The summed E-state index contributed by atoms with van der Waals surface area (Å²) in [5.41, 5.74) is 13.4. The molecule has 40 heavy (non-hydrogen) atoms. The predicted octanol–water partition coefficient (Wildman–Crippen LogP) is 6.40. The molecular formula is C34H35N3OS2. The molecule has 1 spiro atoms. The van der Waals surface area contributed by atoms with Crippen molar-refractivity contribution >= 4 is 41.2 Å². The van der Waals surface area contributed by atoms with E-state index in [9.17, 15) is 0 Å². The first-order valence-electron chi connectivity index (χ1n) is 15.3. The van der Waals surface area contributed by atoms with Crippen LogP contribution >= 0.6 is 24.8 Å². The number of benzene rings is 3. The fourth-order valence-electron chi connectivity index (χ4n) is 9.06. The lowest BCUT2D eigenvalue weighted by molar-refractivity contribution is 0.267. The molecular weight excluding hydrogens is 531 g/mol. The summed E-state index contributed by atoms with van der Waals surface area (Å²) in [4.78, 5) is 8.75. The Labute approximate surface area is 247 Å². The minimum atomic E-state index is -0.490. The largest absolute Gasteiger partial charge is 0.456 e. The number of ether oxygens (including phenoxy) is 1. The topological polar surface area (TPSA) is 19.0 Å². The van der Waals surface area contributed by atoms with Crippen LogP contribution < -0.4 is 14.5 Å². The molecule has 6 heterocycles. The maximum absolute atomic E-state index is 7.34. The van der Waals surface area contributed by atoms with Crippen molar-refractivity contribution in [3.8, 4) is 11.5 Å². The van der Waals surface area contributed by atoms with E-state index in [4.69, 9.17) is 29.6 Å². The van der Waals surface area contributed by atoms with E-state index < -0.39 is 5.54 Å². The van der Waals surface area contributed by atoms with Gasteiger partial charge in [0.05, 0.1) is 0 Å². The number of thiol groups is 1. The van der Waals surface area contributed by atoms with Gasteiger partial charge in [0.15, 0.2) is 0 Å². The van der Waals surface area contributed by atoms with Gasteiger partial charge in [0.25, 0.3) is 0 Å². The van der Waals surface area contributed by atoms with Crippen LogP contribution in [0, 0.1) is 0 Å². The van der Waals surface area contributed by atoms with Gasteiger partial charge in [-0.15, -0.1) is 0 Å². The Balaban J connectivity index is 1.44. The molecule has 0 unspecified atom stereocenters. The summed E-state index contributed by atoms with van der Waals surface area (Å²) in [6.07, 6.45) is 9.25. The molecule has 4 nitrogen and oxygen atoms in total. The monoisotopic (exact) mass is 565 g/mol. The average molecular weight is 566 g/mol. The summed E-state index contributed by atoms with van der Waals surface area (Å²) in [7, 11) is 0. The Bertz CT molecular complexity index is 1530. The molecule has 3 aromatic rings. The Morgan fingerprint density at radius 1 is 0.750 bits per heavy atom. The highest BCUT2D eigenvalue weighted by atomic mass is 32.1. The minimum absolute atomic E-state index is 0.490. The number of anilines is 2. The van der Waals surface area contributed by atoms with E-state index in [1.165, 1.54) is 81.6 Å². The molecule has 6 heteroatoms. The lowest BCUT2D eigenvalue weighted by Crippen LogP contribution is -2.49. The maximum Gasteiger partial charge on any atom is 0.139 e. The summed E-state index contributed by atoms with van der Waals surface area (Å²) in [5, 5.41) is 0. The zero-order chi connectivity index (χ0) is 26.6. The van der Waals surface area contributed by atoms with Gasteiger partial charge >= 0.3 is 0 Å². The molecule has 204 valence electrons. The van der Waals surface area contributed by atoms with E-state index in [2.05, 4.69) is 51.1 Å². The third kappa shape index (κ3) is 2.92. The summed E-state index contributed by atoms with van der Waals surface area (Å²) in [5.74, 6) is 2.98. The third-order valence-corrected chi connectivity index (χ3v) is 11.1. The molecule has 0 aliphatic carbocycles. The molecule has 0 bridgehead atoms. The molecule has 0 fully saturated rings. The molecule has 3 aromatic carbocycles. The van der Waals surface area contributed by atoms with Crippen LogP contribution in [0.25, 0.3) is 0 Å². The second-order valence-corrected chi connectivity index (χ2v) is 13.2. The number of rotatable bonds is 2. The number of hydrogen-bond acceptors (Lipinski definition) is 5. The average Bonchev–Trinajstić information content (AvgIpc) is 3.23. The van der Waals surface area contributed by atoms with Crippen molar-refractivity contribution in [1.29, 1.82) is 0 Å². The van der Waals surface area contributed by atoms with Crippen molar-refractivity contribution in [2.45, 2.75) is 56.9 Å². The van der Waals surface area contributed by atoms with Crippen molar-refractivity contribution in [2.75, 3.05) is 48.3 Å². The predicted molar refractivity (Wildman–Crippen MR) is 169 cm³/mol. The Hall–Kier alpha value is -2.70. The van der Waals surface area contributed by atoms with Crippen molar-refractivity contribution in [1.82, 2.24) is 4.90 Å². The van der Waals surface area contributed by atoms with Crippen molar-refractivity contribution < 1.29 is 4.74 Å². The van der Waals surface area contributed by atoms with Crippen LogP contribution in [0.1, 0.15) is 70.2 Å². The molecule has 0 atom stereocenters. The van der Waals surface area contributed by atoms with Crippen LogP contribution in [-0.4, -0.2) is 48.4 Å². The summed E-state index contributed by atoms with van der Waals surface area (Å²) in [6.45, 7) is 5.44. The Morgan fingerprint density at radius 3 is 1.88 bits per heavy atom. The quantitative estimate of drug-likeness (QED) is 0.285. The first-order chi connectivity index (χ1) is 19.7. The maximum atomic E-state index is 7.34. The highest BCUT2D eigenvalue weighted by Crippen LogP contribution is 2.62. The first kappa shape index (κ1) is 24.0. The first-order valence-corrected chi connectivity index (χ1v) is 16.3. The van der Waals surface area contributed by atoms with Crippen LogP contribution in [-0.2, 0) is 31.2 Å². The zero-order valence-corrected chi connectivity index (χ0v) is 24.7. The fraction of sp³-hybridized carbons (Fsp3) is 0.441. The number of thiocarbonyl (C=S) groups is 1. The van der Waals surface area contributed by atoms with Gasteiger partial charge in [0.1, 0.15) is 22.0 Å². The van der Waals surface area contributed by atoms with Gasteiger partial charge in [-0.05, 0) is 80.2 Å². The van der Waals surface area contributed by atoms with Crippen LogP contribution in [0.2, 0.25) is 0 Å². The van der Waals surface area contributed by atoms with E-state index in [0.29, 0.717) is 0 Å². The van der Waals surface area contributed by atoms with E-state index >= 15 is 0 Å². The van der Waals surface area contributed by atoms with Gasteiger partial charge in [0, 0.05) is 77.7 Å². The lowest BCUT2D eigenvalue weighted by atomic mass is 9.70. The number of hydrogen-bond donors (Lipinski definition) is 1. The van der Waals surface area contributed by atoms with Gasteiger partial charge < -0.3 is 19.4 Å². The van der Waals surface area contributed by atoms with Gasteiger partial charge in [-0.3, -0.25) is 0 Å². The highest BCUT2D eigenvalue weighted by Gasteiger charge is 2.56. The fourth-order valence-corrected chi connectivity index (χ4v) is 9.66. The van der Waals surface area contributed by atoms with E-state index in [1.54, 1.807) is 0 Å². The van der Waals surface area contributed by atoms with Crippen LogP contribution in [0.5, 0.6) is 11.5 Å². The SMILES string of the molecule is S=C1c2ccccc2C2(c3cc4c5c(c3Oc3c2cc2c6c3CCCN6CCC2)CCCN5CCC4)N1CCS. The third-order valence-electron chi connectivity index (χ3n) is 10.4. The Morgan fingerprint density at radius 2 is 1.30 bits per heavy atom. The van der Waals surface area contributed by atoms with Crippen LogP contribution in [0.3, 0.4) is 0 Å². The van der Waals surface area contributed by atoms with Crippen LogP contribution in [0.15, 0.2) is 36.4 Å². The van der Waals surface area contributed by atoms with E-state index in [1.807, 2.05) is 0 Å². The van der Waals surface area contributed by atoms with Crippen molar-refractivity contribution in [2.24, 2.45) is 0 Å². The standard InChI is InChI=1S/C34H35N3OS2/c39-18-17-37-33(40)23-9-1-2-12-26(23)34(37)27-19-21-7-3-13-35-15-5-10-24(29(21)35)31(27)38-32-25-11-6-16-36-14-4-8-22(30(25)36)20-28(32)34/h1-2,9,12,19-20,39H,3-8,10-11,13-18H2. The molecule has 0 radical (unpaired) electrons. The van der Waals surface area contributed by atoms with E-state index in [-0.39, 0.29) is 0 Å². The summed E-state index contributed by atoms with van der Waals surface area (Å²) < 4.78 is 7.34. The van der Waals surface area contributed by atoms with Gasteiger partial charge in [-0.1, -0.05) is 36.5 Å². The molecule has 0 N–H and O–H groups in total. The second-order valence-electron chi connectivity index (χ2n) is 12.4. The van der Waals surface area contributed by atoms with Gasteiger partial charge in [-0.2, -0.15) is 12.6 Å². The molecule has 9 rings (SSSR count). The van der Waals surface area contributed by atoms with Crippen LogP contribution in [0.4, 0.5) is 11.4 Å². The molecule has 6 aliphatic rings. The molecule has 0 saturated heterocycles. The summed E-state index contributed by atoms with van der Waals surface area (Å²) in [6, 6.07) is 14.0. The molecule has 6 aliphatic heterocycles. The minimum Gasteiger partial charge on any atom is -0.456 e. The lowest BCUT2D eigenvalue weighted by Gasteiger charge is -2.49. The van der Waals surface area contributed by atoms with Crippen molar-refractivity contribution in [3.05, 3.63) is 80.9 Å². The van der Waals surface area contributed by atoms with Gasteiger partial charge in [-0.25, -0.2) is 0 Å². The number of aryl methyl sites for hydroxylation is 2. The number of nitrogens with zero attached hydrogens (tertiary/aromatic N) is 3. The highest BCUT2D eigenvalue weighted by molar-refractivity contribution is 7.81. The molecule has 0 aromatic heterocycles. The van der Waals surface area contributed by atoms with E-state index in [0.717, 1.165) is 80.6 Å². The normalized spacial score (nSPS) is 20.9. The van der Waals surface area contributed by atoms with Crippen molar-refractivity contribution in [3.63, 3.8) is 0 Å². The zero-order valence-electron chi connectivity index (χ0n) is 23.0. The molecule has 0 saturated carbocycles. The number of fused-ring (bicyclic) bond motifs is 8. The molecule has 0 amide bonds. The Kier molecular flexibility index (Phi) is 5.18.